The van der Waals surface area contributed by atoms with Gasteiger partial charge in [-0.3, -0.25) is 0 Å². The van der Waals surface area contributed by atoms with E-state index in [1.54, 1.807) is 0 Å². The van der Waals surface area contributed by atoms with E-state index in [1.165, 1.54) is 17.4 Å². The Morgan fingerprint density at radius 1 is 1.67 bits per heavy atom. The number of hydrogen-bond acceptors (Lipinski definition) is 1. The predicted octanol–water partition coefficient (Wildman–Crippen LogP) is -2.67. The van der Waals surface area contributed by atoms with Crippen molar-refractivity contribution in [3.05, 3.63) is 0 Å². The van der Waals surface area contributed by atoms with Gasteiger partial charge in [0.2, 0.25) is 0 Å². The van der Waals surface area contributed by atoms with Crippen molar-refractivity contribution in [2.45, 2.75) is 6.42 Å². The van der Waals surface area contributed by atoms with Gasteiger partial charge < -0.3 is 0 Å². The molecule has 1 aliphatic rings. The Kier molecular flexibility index (Phi) is 1.71. The average molecular weight is 198 g/mol. The zero-order valence-corrected chi connectivity index (χ0v) is 6.10. The summed E-state index contributed by atoms with van der Waals surface area (Å²) in [5.74, 6) is 0. The second-order valence-corrected chi connectivity index (χ2v) is 4.90. The third-order valence-electron chi connectivity index (χ3n) is 0.888. The molecule has 1 nitrogen and oxygen atoms in total. The van der Waals surface area contributed by atoms with E-state index in [4.69, 9.17) is 0 Å². The van der Waals surface area contributed by atoms with E-state index in [1.807, 2.05) is 0 Å². The van der Waals surface area contributed by atoms with Crippen LogP contribution in [0.15, 0.2) is 0 Å². The van der Waals surface area contributed by atoms with Crippen LogP contribution in [0.2, 0.25) is 0 Å². The average Bonchev–Trinajstić information content (AvgIpc) is 1.86. The second kappa shape index (κ2) is 2.12. The Balaban J connectivity index is 2.18. The number of alkyl halides is 1. The van der Waals surface area contributed by atoms with Crippen LogP contribution in [0.1, 0.15) is 6.42 Å². The van der Waals surface area contributed by atoms with Crippen LogP contribution in [0.5, 0.6) is 0 Å². The van der Waals surface area contributed by atoms with E-state index in [0.29, 0.717) is 21.5 Å². The van der Waals surface area contributed by atoms with Crippen molar-refractivity contribution >= 4 is 0 Å². The van der Waals surface area contributed by atoms with E-state index in [2.05, 4.69) is 10.2 Å². The molecule has 1 saturated heterocycles. The molecule has 0 amide bonds. The van der Waals surface area contributed by atoms with Crippen LogP contribution in [-0.2, 0) is 0 Å². The van der Waals surface area contributed by atoms with Gasteiger partial charge in [0, 0.05) is 0 Å². The first-order valence-electron chi connectivity index (χ1n) is 2.20. The summed E-state index contributed by atoms with van der Waals surface area (Å²) >= 11 is 0.513. The van der Waals surface area contributed by atoms with Crippen molar-refractivity contribution in [2.75, 3.05) is 18.0 Å². The Morgan fingerprint density at radius 2 is 2.50 bits per heavy atom. The van der Waals surface area contributed by atoms with Crippen molar-refractivity contribution in [2.24, 2.45) is 0 Å². The molecule has 1 heterocycles. The third kappa shape index (κ3) is 1.08. The molecule has 6 heavy (non-hydrogen) atoms. The van der Waals surface area contributed by atoms with Crippen LogP contribution < -0.4 is 21.5 Å². The Labute approximate surface area is 49.3 Å². The maximum absolute atomic E-state index is 2.47. The van der Waals surface area contributed by atoms with Gasteiger partial charge in [-0.15, -0.1) is 0 Å². The summed E-state index contributed by atoms with van der Waals surface area (Å²) < 4.78 is 3.99. The van der Waals surface area contributed by atoms with E-state index < -0.39 is 0 Å². The molecule has 1 fully saturated rings. The van der Waals surface area contributed by atoms with Gasteiger partial charge in [-0.25, -0.2) is 0 Å². The summed E-state index contributed by atoms with van der Waals surface area (Å²) in [6, 6.07) is 0. The first kappa shape index (κ1) is 4.84. The van der Waals surface area contributed by atoms with Gasteiger partial charge in [0.05, 0.1) is 0 Å². The Hall–Kier alpha value is 0.690. The van der Waals surface area contributed by atoms with Crippen molar-refractivity contribution in [3.8, 4) is 0 Å². The molecule has 1 aliphatic heterocycles. The van der Waals surface area contributed by atoms with Gasteiger partial charge in [0.25, 0.3) is 0 Å². The maximum atomic E-state index is 2.47. The SMILES string of the molecule is CN1CCC[I-]1. The molecular weight excluding hydrogens is 189 g/mol. The Morgan fingerprint density at radius 3 is 2.67 bits per heavy atom. The van der Waals surface area contributed by atoms with Gasteiger partial charge in [-0.1, -0.05) is 0 Å². The summed E-state index contributed by atoms with van der Waals surface area (Å²) in [4.78, 5) is 0. The van der Waals surface area contributed by atoms with Crippen LogP contribution in [0.4, 0.5) is 0 Å². The zero-order valence-electron chi connectivity index (χ0n) is 3.95. The summed E-state index contributed by atoms with van der Waals surface area (Å²) in [7, 11) is 2.22. The molecule has 0 atom stereocenters. The van der Waals surface area contributed by atoms with Gasteiger partial charge in [0.1, 0.15) is 0 Å². The molecule has 0 aromatic heterocycles. The van der Waals surface area contributed by atoms with Crippen LogP contribution in [0.3, 0.4) is 0 Å². The fraction of sp³-hybridized carbons (Fsp3) is 1.00. The van der Waals surface area contributed by atoms with Crippen molar-refractivity contribution in [3.63, 3.8) is 0 Å². The molecule has 0 bridgehead atoms. The molecule has 0 aromatic rings. The summed E-state index contributed by atoms with van der Waals surface area (Å²) in [6.45, 7) is 1.37. The molecule has 1 rings (SSSR count). The molecule has 0 spiro atoms. The molecule has 0 aromatic carbocycles. The first-order valence-corrected chi connectivity index (χ1v) is 4.69. The molecule has 0 aliphatic carbocycles. The quantitative estimate of drug-likeness (QED) is 0.233. The minimum absolute atomic E-state index is 0.513. The van der Waals surface area contributed by atoms with Gasteiger partial charge in [0.15, 0.2) is 0 Å². The fourth-order valence-electron chi connectivity index (χ4n) is 0.541. The first-order chi connectivity index (χ1) is 2.89. The van der Waals surface area contributed by atoms with Crippen molar-refractivity contribution in [1.82, 2.24) is 3.11 Å². The molecule has 0 unspecified atom stereocenters. The van der Waals surface area contributed by atoms with Crippen molar-refractivity contribution in [1.29, 1.82) is 0 Å². The number of nitrogens with zero attached hydrogens (tertiary/aromatic N) is 1. The number of hydrogen-bond donors (Lipinski definition) is 0. The van der Waals surface area contributed by atoms with Gasteiger partial charge in [-0.05, 0) is 0 Å². The van der Waals surface area contributed by atoms with E-state index >= 15 is 0 Å². The fourth-order valence-corrected chi connectivity index (χ4v) is 2.73. The summed E-state index contributed by atoms with van der Waals surface area (Å²) in [6.07, 6.45) is 1.46. The topological polar surface area (TPSA) is 3.24 Å². The third-order valence-corrected chi connectivity index (χ3v) is 3.78. The van der Waals surface area contributed by atoms with E-state index in [-0.39, 0.29) is 0 Å². The van der Waals surface area contributed by atoms with Crippen LogP contribution in [0.25, 0.3) is 0 Å². The Bertz CT molecular complexity index is 40.8. The zero-order chi connectivity index (χ0) is 4.41. The minimum atomic E-state index is 0.513. The monoisotopic (exact) mass is 198 g/mol. The van der Waals surface area contributed by atoms with E-state index in [9.17, 15) is 0 Å². The van der Waals surface area contributed by atoms with E-state index in [0.717, 1.165) is 0 Å². The van der Waals surface area contributed by atoms with Crippen LogP contribution >= 0.6 is 0 Å². The van der Waals surface area contributed by atoms with Crippen LogP contribution in [-0.4, -0.2) is 21.1 Å². The molecular formula is C4H9IN-. The van der Waals surface area contributed by atoms with Gasteiger partial charge in [-0.2, -0.15) is 0 Å². The van der Waals surface area contributed by atoms with Crippen LogP contribution in [0, 0.1) is 0 Å². The number of rotatable bonds is 0. The second-order valence-electron chi connectivity index (χ2n) is 1.49. The molecule has 0 N–H and O–H groups in total. The summed E-state index contributed by atoms with van der Waals surface area (Å²) in [5.41, 5.74) is 0. The number of halogens is 1. The predicted molar refractivity (Wildman–Crippen MR) is 22.1 cm³/mol. The molecule has 0 saturated carbocycles. The standard InChI is InChI=1S/C4H9IN/c1-6-4-2-3-5-6/h2-4H2,1H3/q-1. The molecule has 0 radical (unpaired) electrons. The molecule has 2 heteroatoms. The molecule has 38 valence electrons. The summed E-state index contributed by atoms with van der Waals surface area (Å²) in [5, 5.41) is 0. The van der Waals surface area contributed by atoms with Crippen molar-refractivity contribution < 1.29 is 21.5 Å². The normalized spacial score (nSPS) is 26.8. The van der Waals surface area contributed by atoms with Gasteiger partial charge >= 0.3 is 49.0 Å².